The molecule has 0 radical (unpaired) electrons. The quantitative estimate of drug-likeness (QED) is 0.579. The van der Waals surface area contributed by atoms with Gasteiger partial charge in [-0.05, 0) is 36.4 Å². The molecule has 0 saturated heterocycles. The molecule has 2 aromatic carbocycles. The van der Waals surface area contributed by atoms with E-state index in [9.17, 15) is 13.2 Å². The fraction of sp³-hybridized carbons (Fsp3) is 0.125. The average molecular weight is 389 g/mol. The smallest absolute Gasteiger partial charge is 0.422 e. The molecule has 0 amide bonds. The van der Waals surface area contributed by atoms with Crippen molar-refractivity contribution in [3.05, 3.63) is 52.5 Å². The lowest BCUT2D eigenvalue weighted by Gasteiger charge is -2.09. The predicted octanol–water partition coefficient (Wildman–Crippen LogP) is 5.65. The van der Waals surface area contributed by atoms with Crippen LogP contribution >= 0.6 is 23.2 Å². The second-order valence-electron chi connectivity index (χ2n) is 4.98. The van der Waals surface area contributed by atoms with Gasteiger partial charge < -0.3 is 9.26 Å². The molecule has 3 aromatic rings. The number of hydrogen-bond donors (Lipinski definition) is 0. The maximum Gasteiger partial charge on any atom is 0.422 e. The van der Waals surface area contributed by atoms with Crippen LogP contribution in [0.4, 0.5) is 13.2 Å². The lowest BCUT2D eigenvalue weighted by molar-refractivity contribution is -0.153. The highest BCUT2D eigenvalue weighted by Crippen LogP contribution is 2.31. The highest BCUT2D eigenvalue weighted by Gasteiger charge is 2.28. The van der Waals surface area contributed by atoms with Crippen molar-refractivity contribution in [1.82, 2.24) is 10.1 Å². The summed E-state index contributed by atoms with van der Waals surface area (Å²) in [5.74, 6) is 0.399. The first-order chi connectivity index (χ1) is 11.8. The van der Waals surface area contributed by atoms with Gasteiger partial charge in [0.15, 0.2) is 6.61 Å². The van der Waals surface area contributed by atoms with Crippen molar-refractivity contribution in [2.45, 2.75) is 6.18 Å². The summed E-state index contributed by atoms with van der Waals surface area (Å²) in [5, 5.41) is 4.65. The lowest BCUT2D eigenvalue weighted by atomic mass is 10.2. The molecule has 3 rings (SSSR count). The molecule has 0 aliphatic heterocycles. The van der Waals surface area contributed by atoms with E-state index in [0.29, 0.717) is 21.2 Å². The van der Waals surface area contributed by atoms with Crippen molar-refractivity contribution in [3.8, 4) is 28.6 Å². The molecular weight excluding hydrogens is 380 g/mol. The summed E-state index contributed by atoms with van der Waals surface area (Å²) in [6.07, 6.45) is -4.42. The summed E-state index contributed by atoms with van der Waals surface area (Å²) < 4.78 is 46.6. The molecule has 4 nitrogen and oxygen atoms in total. The lowest BCUT2D eigenvalue weighted by Crippen LogP contribution is -2.19. The summed E-state index contributed by atoms with van der Waals surface area (Å²) in [4.78, 5) is 4.21. The van der Waals surface area contributed by atoms with Crippen LogP contribution in [-0.2, 0) is 0 Å². The van der Waals surface area contributed by atoms with Gasteiger partial charge in [0.05, 0.1) is 5.02 Å². The molecule has 130 valence electrons. The van der Waals surface area contributed by atoms with Gasteiger partial charge in [0.2, 0.25) is 5.82 Å². The van der Waals surface area contributed by atoms with Crippen LogP contribution in [0.5, 0.6) is 5.75 Å². The van der Waals surface area contributed by atoms with Gasteiger partial charge in [-0.25, -0.2) is 0 Å². The Bertz CT molecular complexity index is 897. The molecular formula is C16H9Cl2F3N2O2. The first-order valence-electron chi connectivity index (χ1n) is 6.91. The minimum atomic E-state index is -4.42. The largest absolute Gasteiger partial charge is 0.484 e. The maximum absolute atomic E-state index is 12.2. The number of rotatable bonds is 4. The van der Waals surface area contributed by atoms with E-state index in [2.05, 4.69) is 10.1 Å². The molecule has 0 aliphatic carbocycles. The molecule has 0 atom stereocenters. The molecule has 0 unspecified atom stereocenters. The van der Waals surface area contributed by atoms with E-state index < -0.39 is 12.8 Å². The van der Waals surface area contributed by atoms with E-state index in [4.69, 9.17) is 32.5 Å². The van der Waals surface area contributed by atoms with Crippen LogP contribution in [0.3, 0.4) is 0 Å². The first-order valence-corrected chi connectivity index (χ1v) is 7.66. The number of alkyl halides is 3. The van der Waals surface area contributed by atoms with Crippen molar-refractivity contribution in [2.24, 2.45) is 0 Å². The standard InChI is InChI=1S/C16H9Cl2F3N2O2/c17-10-4-5-12(13(18)7-10)14-22-15(25-23-14)9-2-1-3-11(6-9)24-8-16(19,20)21/h1-7H,8H2. The summed E-state index contributed by atoms with van der Waals surface area (Å²) in [5.41, 5.74) is 0.939. The highest BCUT2D eigenvalue weighted by molar-refractivity contribution is 6.36. The normalized spacial score (nSPS) is 11.6. The van der Waals surface area contributed by atoms with Gasteiger partial charge in [-0.15, -0.1) is 0 Å². The summed E-state index contributed by atoms with van der Waals surface area (Å²) in [6.45, 7) is -1.38. The molecule has 0 N–H and O–H groups in total. The Hall–Kier alpha value is -2.25. The van der Waals surface area contributed by atoms with Crippen molar-refractivity contribution in [2.75, 3.05) is 6.61 Å². The SMILES string of the molecule is FC(F)(F)COc1cccc(-c2nc(-c3ccc(Cl)cc3Cl)no2)c1. The van der Waals surface area contributed by atoms with Crippen LogP contribution in [0.25, 0.3) is 22.8 Å². The van der Waals surface area contributed by atoms with E-state index in [1.807, 2.05) is 0 Å². The molecule has 1 heterocycles. The molecule has 0 aliphatic rings. The van der Waals surface area contributed by atoms with Crippen molar-refractivity contribution >= 4 is 23.2 Å². The van der Waals surface area contributed by atoms with E-state index in [1.54, 1.807) is 24.3 Å². The number of hydrogen-bond acceptors (Lipinski definition) is 4. The molecule has 0 spiro atoms. The van der Waals surface area contributed by atoms with Crippen molar-refractivity contribution < 1.29 is 22.4 Å². The Morgan fingerprint density at radius 3 is 2.60 bits per heavy atom. The molecule has 0 fully saturated rings. The Labute approximate surface area is 150 Å². The summed E-state index contributed by atoms with van der Waals surface area (Å²) in [7, 11) is 0. The Balaban J connectivity index is 1.85. The number of halogens is 5. The van der Waals surface area contributed by atoms with E-state index in [1.165, 1.54) is 18.2 Å². The van der Waals surface area contributed by atoms with Crippen LogP contribution in [0.2, 0.25) is 10.0 Å². The zero-order valence-electron chi connectivity index (χ0n) is 12.3. The van der Waals surface area contributed by atoms with Gasteiger partial charge in [0.1, 0.15) is 5.75 Å². The fourth-order valence-corrected chi connectivity index (χ4v) is 2.50. The average Bonchev–Trinajstić information content (AvgIpc) is 3.02. The van der Waals surface area contributed by atoms with Crippen LogP contribution < -0.4 is 4.74 Å². The van der Waals surface area contributed by atoms with Crippen molar-refractivity contribution in [3.63, 3.8) is 0 Å². The zero-order chi connectivity index (χ0) is 18.0. The second kappa shape index (κ2) is 6.93. The van der Waals surface area contributed by atoms with Gasteiger partial charge in [0, 0.05) is 16.1 Å². The highest BCUT2D eigenvalue weighted by atomic mass is 35.5. The first kappa shape index (κ1) is 17.6. The van der Waals surface area contributed by atoms with Gasteiger partial charge in [-0.3, -0.25) is 0 Å². The molecule has 9 heteroatoms. The predicted molar refractivity (Wildman–Crippen MR) is 86.7 cm³/mol. The third-order valence-electron chi connectivity index (χ3n) is 3.08. The minimum Gasteiger partial charge on any atom is -0.484 e. The number of ether oxygens (including phenoxy) is 1. The summed E-state index contributed by atoms with van der Waals surface area (Å²) in [6, 6.07) is 10.7. The number of nitrogens with zero attached hydrogens (tertiary/aromatic N) is 2. The Morgan fingerprint density at radius 2 is 1.88 bits per heavy atom. The van der Waals surface area contributed by atoms with Gasteiger partial charge >= 0.3 is 6.18 Å². The Morgan fingerprint density at radius 1 is 1.08 bits per heavy atom. The van der Waals surface area contributed by atoms with Gasteiger partial charge in [-0.2, -0.15) is 18.2 Å². The molecule has 25 heavy (non-hydrogen) atoms. The monoisotopic (exact) mass is 388 g/mol. The fourth-order valence-electron chi connectivity index (χ4n) is 2.01. The topological polar surface area (TPSA) is 48.2 Å². The second-order valence-corrected chi connectivity index (χ2v) is 5.82. The Kier molecular flexibility index (Phi) is 4.87. The molecule has 0 saturated carbocycles. The third kappa shape index (κ3) is 4.43. The van der Waals surface area contributed by atoms with E-state index in [0.717, 1.165) is 0 Å². The van der Waals surface area contributed by atoms with Crippen LogP contribution in [0, 0.1) is 0 Å². The zero-order valence-corrected chi connectivity index (χ0v) is 13.9. The van der Waals surface area contributed by atoms with Gasteiger partial charge in [0.25, 0.3) is 5.89 Å². The minimum absolute atomic E-state index is 0.0408. The third-order valence-corrected chi connectivity index (χ3v) is 3.63. The van der Waals surface area contributed by atoms with Crippen molar-refractivity contribution in [1.29, 1.82) is 0 Å². The van der Waals surface area contributed by atoms with E-state index in [-0.39, 0.29) is 17.5 Å². The maximum atomic E-state index is 12.2. The van der Waals surface area contributed by atoms with E-state index >= 15 is 0 Å². The molecule has 0 bridgehead atoms. The summed E-state index contributed by atoms with van der Waals surface area (Å²) >= 11 is 11.9. The molecule has 1 aromatic heterocycles. The number of aromatic nitrogens is 2. The number of benzene rings is 2. The van der Waals surface area contributed by atoms with Crippen LogP contribution in [-0.4, -0.2) is 22.9 Å². The van der Waals surface area contributed by atoms with Crippen LogP contribution in [0.1, 0.15) is 0 Å². The van der Waals surface area contributed by atoms with Gasteiger partial charge in [-0.1, -0.05) is 34.4 Å². The van der Waals surface area contributed by atoms with Crippen LogP contribution in [0.15, 0.2) is 47.0 Å².